The standard InChI is InChI=1S/C19H32N4O2S.HI/c1-5-20-19(21-12-11-17-13(3)22-14(4)26-17)23-16-9-7-15(8-10-16)18(24)25-6-2;/h15-16H,5-12H2,1-4H3,(H2,20,21,23);1H. The highest BCUT2D eigenvalue weighted by Crippen LogP contribution is 2.25. The predicted molar refractivity (Wildman–Crippen MR) is 122 cm³/mol. The monoisotopic (exact) mass is 508 g/mol. The van der Waals surface area contributed by atoms with Gasteiger partial charge in [0.25, 0.3) is 0 Å². The van der Waals surface area contributed by atoms with E-state index in [1.807, 2.05) is 13.8 Å². The van der Waals surface area contributed by atoms with Crippen molar-refractivity contribution in [1.82, 2.24) is 15.6 Å². The number of carbonyl (C=O) groups excluding carboxylic acids is 1. The van der Waals surface area contributed by atoms with Crippen molar-refractivity contribution >= 4 is 47.2 Å². The fourth-order valence-corrected chi connectivity index (χ4v) is 4.25. The molecule has 0 bridgehead atoms. The van der Waals surface area contributed by atoms with Crippen LogP contribution < -0.4 is 10.6 Å². The van der Waals surface area contributed by atoms with E-state index in [0.717, 1.165) is 61.9 Å². The molecular formula is C19H33IN4O2S. The van der Waals surface area contributed by atoms with Gasteiger partial charge in [-0.15, -0.1) is 35.3 Å². The molecule has 0 amide bonds. The van der Waals surface area contributed by atoms with Gasteiger partial charge in [0.2, 0.25) is 0 Å². The van der Waals surface area contributed by atoms with Crippen LogP contribution in [-0.4, -0.2) is 42.7 Å². The maximum Gasteiger partial charge on any atom is 0.308 e. The second-order valence-electron chi connectivity index (χ2n) is 6.70. The van der Waals surface area contributed by atoms with E-state index in [0.29, 0.717) is 12.6 Å². The van der Waals surface area contributed by atoms with Crippen LogP contribution in [0.4, 0.5) is 0 Å². The van der Waals surface area contributed by atoms with Crippen molar-refractivity contribution in [1.29, 1.82) is 0 Å². The van der Waals surface area contributed by atoms with Crippen molar-refractivity contribution in [3.63, 3.8) is 0 Å². The molecule has 1 aromatic heterocycles. The molecule has 154 valence electrons. The first-order chi connectivity index (χ1) is 12.5. The summed E-state index contributed by atoms with van der Waals surface area (Å²) in [6.07, 6.45) is 4.64. The summed E-state index contributed by atoms with van der Waals surface area (Å²) in [4.78, 5) is 22.4. The second kappa shape index (κ2) is 12.5. The van der Waals surface area contributed by atoms with Gasteiger partial charge in [-0.1, -0.05) is 0 Å². The lowest BCUT2D eigenvalue weighted by atomic mass is 9.86. The van der Waals surface area contributed by atoms with Crippen LogP contribution in [0.25, 0.3) is 0 Å². The van der Waals surface area contributed by atoms with Crippen molar-refractivity contribution in [3.05, 3.63) is 15.6 Å². The van der Waals surface area contributed by atoms with Gasteiger partial charge in [-0.2, -0.15) is 0 Å². The van der Waals surface area contributed by atoms with Crippen LogP contribution in [0.2, 0.25) is 0 Å². The molecule has 0 radical (unpaired) electrons. The predicted octanol–water partition coefficient (Wildman–Crippen LogP) is 3.60. The van der Waals surface area contributed by atoms with Crippen LogP contribution in [0.5, 0.6) is 0 Å². The largest absolute Gasteiger partial charge is 0.466 e. The van der Waals surface area contributed by atoms with E-state index in [1.165, 1.54) is 4.88 Å². The smallest absolute Gasteiger partial charge is 0.308 e. The molecular weight excluding hydrogens is 475 g/mol. The van der Waals surface area contributed by atoms with Gasteiger partial charge in [0.05, 0.1) is 23.2 Å². The number of thiazole rings is 1. The Bertz CT molecular complexity index is 613. The van der Waals surface area contributed by atoms with Crippen LogP contribution in [-0.2, 0) is 16.0 Å². The van der Waals surface area contributed by atoms with Crippen molar-refractivity contribution < 1.29 is 9.53 Å². The zero-order chi connectivity index (χ0) is 18.9. The summed E-state index contributed by atoms with van der Waals surface area (Å²) in [7, 11) is 0. The van der Waals surface area contributed by atoms with Gasteiger partial charge in [-0.3, -0.25) is 9.79 Å². The molecule has 0 spiro atoms. The highest BCUT2D eigenvalue weighted by Gasteiger charge is 2.27. The number of halogens is 1. The summed E-state index contributed by atoms with van der Waals surface area (Å²) in [5.74, 6) is 0.887. The number of ether oxygens (including phenoxy) is 1. The first-order valence-electron chi connectivity index (χ1n) is 9.67. The minimum atomic E-state index is -0.0401. The molecule has 8 heteroatoms. The summed E-state index contributed by atoms with van der Waals surface area (Å²) < 4.78 is 5.14. The fourth-order valence-electron chi connectivity index (χ4n) is 3.32. The summed E-state index contributed by atoms with van der Waals surface area (Å²) in [6.45, 7) is 10.1. The number of hydrogen-bond donors (Lipinski definition) is 2. The minimum absolute atomic E-state index is 0. The maximum atomic E-state index is 11.9. The molecule has 2 N–H and O–H groups in total. The molecule has 6 nitrogen and oxygen atoms in total. The number of hydrogen-bond acceptors (Lipinski definition) is 5. The molecule has 1 saturated carbocycles. The Morgan fingerprint density at radius 1 is 1.26 bits per heavy atom. The Morgan fingerprint density at radius 2 is 1.96 bits per heavy atom. The Labute approximate surface area is 184 Å². The summed E-state index contributed by atoms with van der Waals surface area (Å²) in [5.41, 5.74) is 1.12. The summed E-state index contributed by atoms with van der Waals surface area (Å²) in [5, 5.41) is 7.97. The maximum absolute atomic E-state index is 11.9. The molecule has 0 aliphatic heterocycles. The summed E-state index contributed by atoms with van der Waals surface area (Å²) in [6, 6.07) is 0.367. The highest BCUT2D eigenvalue weighted by molar-refractivity contribution is 14.0. The lowest BCUT2D eigenvalue weighted by Gasteiger charge is -2.29. The minimum Gasteiger partial charge on any atom is -0.466 e. The van der Waals surface area contributed by atoms with Gasteiger partial charge in [0, 0.05) is 30.4 Å². The zero-order valence-electron chi connectivity index (χ0n) is 16.8. The van der Waals surface area contributed by atoms with E-state index in [1.54, 1.807) is 11.3 Å². The number of aromatic nitrogens is 1. The van der Waals surface area contributed by atoms with Gasteiger partial charge < -0.3 is 15.4 Å². The molecule has 0 unspecified atom stereocenters. The average Bonchev–Trinajstić information content (AvgIpc) is 2.93. The van der Waals surface area contributed by atoms with E-state index < -0.39 is 0 Å². The molecule has 1 aromatic rings. The molecule has 1 heterocycles. The number of esters is 1. The Morgan fingerprint density at radius 3 is 2.52 bits per heavy atom. The summed E-state index contributed by atoms with van der Waals surface area (Å²) >= 11 is 1.76. The third kappa shape index (κ3) is 7.93. The van der Waals surface area contributed by atoms with E-state index in [-0.39, 0.29) is 35.9 Å². The fraction of sp³-hybridized carbons (Fsp3) is 0.737. The number of rotatable bonds is 7. The number of carbonyl (C=O) groups is 1. The SMILES string of the molecule is CCNC(=NCCc1sc(C)nc1C)NC1CCC(C(=O)OCC)CC1.I. The highest BCUT2D eigenvalue weighted by atomic mass is 127. The topological polar surface area (TPSA) is 75.6 Å². The number of guanidine groups is 1. The molecule has 1 aliphatic rings. The first kappa shape index (κ1) is 24.1. The second-order valence-corrected chi connectivity index (χ2v) is 7.98. The van der Waals surface area contributed by atoms with Crippen LogP contribution in [0.1, 0.15) is 55.1 Å². The Kier molecular flexibility index (Phi) is 11.2. The molecule has 1 aliphatic carbocycles. The number of nitrogens with zero attached hydrogens (tertiary/aromatic N) is 2. The van der Waals surface area contributed by atoms with E-state index in [2.05, 4.69) is 29.5 Å². The Balaban J connectivity index is 0.00000364. The van der Waals surface area contributed by atoms with E-state index >= 15 is 0 Å². The molecule has 0 aromatic carbocycles. The van der Waals surface area contributed by atoms with Crippen LogP contribution >= 0.6 is 35.3 Å². The van der Waals surface area contributed by atoms with Gasteiger partial charge in [0.1, 0.15) is 0 Å². The third-order valence-electron chi connectivity index (χ3n) is 4.64. The third-order valence-corrected chi connectivity index (χ3v) is 5.77. The lowest BCUT2D eigenvalue weighted by molar-refractivity contribution is -0.149. The normalized spacial score (nSPS) is 19.9. The number of aryl methyl sites for hydroxylation is 2. The van der Waals surface area contributed by atoms with E-state index in [9.17, 15) is 4.79 Å². The van der Waals surface area contributed by atoms with Gasteiger partial charge in [-0.25, -0.2) is 4.98 Å². The van der Waals surface area contributed by atoms with Crippen molar-refractivity contribution in [2.45, 2.75) is 65.8 Å². The van der Waals surface area contributed by atoms with Crippen molar-refractivity contribution in [2.24, 2.45) is 10.9 Å². The first-order valence-corrected chi connectivity index (χ1v) is 10.5. The molecule has 0 atom stereocenters. The van der Waals surface area contributed by atoms with Gasteiger partial charge in [0.15, 0.2) is 5.96 Å². The molecule has 0 saturated heterocycles. The van der Waals surface area contributed by atoms with Gasteiger partial charge >= 0.3 is 5.97 Å². The van der Waals surface area contributed by atoms with E-state index in [4.69, 9.17) is 9.73 Å². The quantitative estimate of drug-likeness (QED) is 0.255. The zero-order valence-corrected chi connectivity index (χ0v) is 20.0. The van der Waals surface area contributed by atoms with Crippen LogP contribution in [0.15, 0.2) is 4.99 Å². The molecule has 1 fully saturated rings. The number of nitrogens with one attached hydrogen (secondary N) is 2. The lowest BCUT2D eigenvalue weighted by Crippen LogP contribution is -2.45. The van der Waals surface area contributed by atoms with Crippen molar-refractivity contribution in [2.75, 3.05) is 19.7 Å². The molecule has 27 heavy (non-hydrogen) atoms. The van der Waals surface area contributed by atoms with Crippen molar-refractivity contribution in [3.8, 4) is 0 Å². The number of aliphatic imine (C=N–C) groups is 1. The van der Waals surface area contributed by atoms with Crippen LogP contribution in [0.3, 0.4) is 0 Å². The molecule has 2 rings (SSSR count). The average molecular weight is 508 g/mol. The van der Waals surface area contributed by atoms with Crippen LogP contribution in [0, 0.1) is 19.8 Å². The Hall–Kier alpha value is -0.900. The van der Waals surface area contributed by atoms with Gasteiger partial charge in [-0.05, 0) is 53.4 Å².